The molecule has 0 amide bonds. The molecule has 224 valence electrons. The first-order valence-corrected chi connectivity index (χ1v) is 17.5. The Morgan fingerprint density at radius 3 is 2.09 bits per heavy atom. The summed E-state index contributed by atoms with van der Waals surface area (Å²) < 4.78 is 5.34. The van der Waals surface area contributed by atoms with Crippen LogP contribution in [0.15, 0.2) is 110 Å². The molecule has 46 heavy (non-hydrogen) atoms. The van der Waals surface area contributed by atoms with Crippen LogP contribution in [-0.4, -0.2) is 10.6 Å². The molecule has 0 spiro atoms. The predicted octanol–water partition coefficient (Wildman–Crippen LogP) is 9.58. The van der Waals surface area contributed by atoms with Crippen molar-refractivity contribution < 1.29 is 0 Å². The molecule has 7 heteroatoms. The zero-order valence-electron chi connectivity index (χ0n) is 24.7. The Morgan fingerprint density at radius 1 is 0.587 bits per heavy atom. The summed E-state index contributed by atoms with van der Waals surface area (Å²) in [5.74, 6) is 0.201. The molecule has 1 aliphatic heterocycles. The molecule has 4 N–H and O–H groups in total. The summed E-state index contributed by atoms with van der Waals surface area (Å²) in [5, 5.41) is 7.27. The van der Waals surface area contributed by atoms with Gasteiger partial charge in [-0.3, -0.25) is 0 Å². The van der Waals surface area contributed by atoms with Gasteiger partial charge in [-0.2, -0.15) is 0 Å². The van der Waals surface area contributed by atoms with Crippen LogP contribution in [0, 0.1) is 6.92 Å². The fourth-order valence-corrected chi connectivity index (χ4v) is 8.62. The maximum atomic E-state index is 6.66. The number of fused-ring (bicyclic) bond motifs is 9. The highest BCUT2D eigenvalue weighted by Crippen LogP contribution is 2.49. The molecule has 0 bridgehead atoms. The van der Waals surface area contributed by atoms with Crippen LogP contribution in [0.5, 0.6) is 0 Å². The average molecular weight is 791 g/mol. The Kier molecular flexibility index (Phi) is 6.27. The van der Waals surface area contributed by atoms with E-state index in [0.717, 1.165) is 47.2 Å². The molecule has 2 atom stereocenters. The van der Waals surface area contributed by atoms with Crippen molar-refractivity contribution in [2.24, 2.45) is 0 Å². The van der Waals surface area contributed by atoms with Gasteiger partial charge >= 0.3 is 0 Å². The van der Waals surface area contributed by atoms with Gasteiger partial charge in [0.05, 0.1) is 39.8 Å². The smallest absolute Gasteiger partial charge is 0.0702 e. The van der Waals surface area contributed by atoms with Crippen LogP contribution in [0.3, 0.4) is 0 Å². The largest absolute Gasteiger partial charge is 0.397 e. The highest BCUT2D eigenvalue weighted by molar-refractivity contribution is 9.11. The maximum absolute atomic E-state index is 6.66. The summed E-state index contributed by atoms with van der Waals surface area (Å²) in [6.07, 6.45) is 4.91. The van der Waals surface area contributed by atoms with Gasteiger partial charge in [-0.25, -0.2) is 0 Å². The lowest BCUT2D eigenvalue weighted by molar-refractivity contribution is 0.803. The highest BCUT2D eigenvalue weighted by atomic mass is 79.9. The van der Waals surface area contributed by atoms with E-state index in [2.05, 4.69) is 149 Å². The van der Waals surface area contributed by atoms with Gasteiger partial charge < -0.3 is 20.9 Å². The first kappa shape index (κ1) is 28.2. The highest BCUT2D eigenvalue weighted by Gasteiger charge is 2.39. The maximum Gasteiger partial charge on any atom is 0.0702 e. The number of hydrogen-bond donors (Lipinski definition) is 2. The molecule has 0 saturated heterocycles. The van der Waals surface area contributed by atoms with Crippen molar-refractivity contribution in [3.63, 3.8) is 0 Å². The van der Waals surface area contributed by atoms with Crippen LogP contribution in [-0.2, 0) is 0 Å². The van der Waals surface area contributed by atoms with Crippen LogP contribution in [0.4, 0.5) is 22.7 Å². The number of nitrogens with two attached hydrogens (primary N) is 2. The van der Waals surface area contributed by atoms with Gasteiger partial charge in [0.15, 0.2) is 0 Å². The van der Waals surface area contributed by atoms with Crippen molar-refractivity contribution >= 4 is 115 Å². The van der Waals surface area contributed by atoms with Gasteiger partial charge in [-0.1, -0.05) is 89.8 Å². The molecule has 7 aromatic rings. The third kappa shape index (κ3) is 4.15. The molecule has 2 aliphatic rings. The van der Waals surface area contributed by atoms with Crippen LogP contribution in [0.1, 0.15) is 17.0 Å². The number of anilines is 4. The number of aryl methyl sites for hydroxylation is 1. The van der Waals surface area contributed by atoms with Crippen LogP contribution >= 0.6 is 47.8 Å². The minimum absolute atomic E-state index is 0.0738. The van der Waals surface area contributed by atoms with E-state index in [9.17, 15) is 0 Å². The molecule has 0 fully saturated rings. The Hall–Kier alpha value is -4.04. The zero-order valence-corrected chi connectivity index (χ0v) is 29.5. The van der Waals surface area contributed by atoms with Gasteiger partial charge in [0.2, 0.25) is 0 Å². The van der Waals surface area contributed by atoms with Gasteiger partial charge in [-0.05, 0) is 106 Å². The fourth-order valence-electron chi connectivity index (χ4n) is 7.56. The number of aromatic nitrogens is 1. The summed E-state index contributed by atoms with van der Waals surface area (Å²) in [7, 11) is 0. The van der Waals surface area contributed by atoms with Crippen molar-refractivity contribution in [3.8, 4) is 5.69 Å². The summed E-state index contributed by atoms with van der Waals surface area (Å²) >= 11 is 11.1. The summed E-state index contributed by atoms with van der Waals surface area (Å²) in [5.41, 5.74) is 22.8. The Balaban J connectivity index is 1.36. The van der Waals surface area contributed by atoms with Crippen LogP contribution < -0.4 is 26.8 Å². The predicted molar refractivity (Wildman–Crippen MR) is 205 cm³/mol. The summed E-state index contributed by atoms with van der Waals surface area (Å²) in [6, 6.07) is 34.7. The van der Waals surface area contributed by atoms with Crippen molar-refractivity contribution in [3.05, 3.63) is 132 Å². The number of nitrogens with zero attached hydrogens (tertiary/aromatic N) is 2. The fraction of sp³-hybridized carbons (Fsp3) is 0.0769. The third-order valence-corrected chi connectivity index (χ3v) is 11.1. The quantitative estimate of drug-likeness (QED) is 0.172. The van der Waals surface area contributed by atoms with E-state index in [1.807, 2.05) is 24.3 Å². The van der Waals surface area contributed by atoms with Crippen LogP contribution in [0.25, 0.3) is 50.4 Å². The molecule has 4 nitrogen and oxygen atoms in total. The minimum atomic E-state index is 0.0738. The topological polar surface area (TPSA) is 60.2 Å². The van der Waals surface area contributed by atoms with Crippen LogP contribution in [0.2, 0.25) is 0 Å². The molecule has 0 saturated carbocycles. The lowest BCUT2D eigenvalue weighted by Crippen LogP contribution is -2.38. The molecule has 2 unspecified atom stereocenters. The van der Waals surface area contributed by atoms with E-state index in [0.29, 0.717) is 0 Å². The van der Waals surface area contributed by atoms with Gasteiger partial charge in [0.1, 0.15) is 0 Å². The zero-order chi connectivity index (χ0) is 31.4. The Morgan fingerprint density at radius 2 is 1.28 bits per heavy atom. The Bertz CT molecular complexity index is 2590. The van der Waals surface area contributed by atoms with Crippen molar-refractivity contribution in [2.45, 2.75) is 18.9 Å². The first-order valence-electron chi connectivity index (χ1n) is 15.2. The first-order chi connectivity index (χ1) is 22.2. The van der Waals surface area contributed by atoms with E-state index in [1.165, 1.54) is 48.8 Å². The van der Waals surface area contributed by atoms with E-state index in [-0.39, 0.29) is 12.0 Å². The van der Waals surface area contributed by atoms with Gasteiger partial charge in [0.25, 0.3) is 0 Å². The Labute approximate surface area is 291 Å². The molecule has 9 rings (SSSR count). The standard InChI is InChI=1S/C39H27Br3N4/c1-20-2-10-34-28(12-20)29-13-21-3-4-22-14-30-31-15-23(40)7-11-35(31)46(39-17-25(42)6-9-33(39)44)37(30)19-27(22)26(21)18-36(29)45(34)38-16-24(41)5-8-32(38)43/h2-19,29,36H,43-44H2,1H3. The monoisotopic (exact) mass is 788 g/mol. The minimum Gasteiger partial charge on any atom is -0.397 e. The summed E-state index contributed by atoms with van der Waals surface area (Å²) in [4.78, 5) is 2.42. The van der Waals surface area contributed by atoms with Gasteiger partial charge in [-0.15, -0.1) is 0 Å². The second-order valence-electron chi connectivity index (χ2n) is 12.3. The SMILES string of the molecule is Cc1ccc2c(c1)C1C=c3ccc4cc5c6cc(Br)ccc6n(-c6cc(Br)ccc6N)c5cc4c3=CC1N2c1cc(Br)ccc1N. The number of hydrogen-bond acceptors (Lipinski definition) is 3. The van der Waals surface area contributed by atoms with E-state index in [1.54, 1.807) is 0 Å². The number of rotatable bonds is 2. The molecule has 1 aliphatic carbocycles. The van der Waals surface area contributed by atoms with E-state index >= 15 is 0 Å². The van der Waals surface area contributed by atoms with E-state index < -0.39 is 0 Å². The molecule has 2 heterocycles. The lowest BCUT2D eigenvalue weighted by Gasteiger charge is -2.30. The molecule has 0 radical (unpaired) electrons. The number of nitrogen functional groups attached to an aromatic ring is 2. The second-order valence-corrected chi connectivity index (χ2v) is 15.1. The van der Waals surface area contributed by atoms with E-state index in [4.69, 9.17) is 11.5 Å². The second kappa shape index (κ2) is 10.2. The van der Waals surface area contributed by atoms with Crippen molar-refractivity contribution in [1.82, 2.24) is 4.57 Å². The van der Waals surface area contributed by atoms with Crippen molar-refractivity contribution in [1.29, 1.82) is 0 Å². The van der Waals surface area contributed by atoms with Crippen molar-refractivity contribution in [2.75, 3.05) is 16.4 Å². The number of benzene rings is 6. The number of halogens is 3. The molecule has 6 aromatic carbocycles. The molecule has 1 aromatic heterocycles. The normalized spacial score (nSPS) is 16.7. The third-order valence-electron chi connectivity index (χ3n) is 9.59. The average Bonchev–Trinajstić information content (AvgIpc) is 3.52. The lowest BCUT2D eigenvalue weighted by atomic mass is 9.87. The summed E-state index contributed by atoms with van der Waals surface area (Å²) in [6.45, 7) is 2.17. The molecular formula is C39H27Br3N4. The van der Waals surface area contributed by atoms with Gasteiger partial charge in [0, 0.05) is 35.8 Å². The molecular weight excluding hydrogens is 764 g/mol.